The predicted octanol–water partition coefficient (Wildman–Crippen LogP) is 4.33. The summed E-state index contributed by atoms with van der Waals surface area (Å²) in [4.78, 5) is 36.0. The quantitative estimate of drug-likeness (QED) is 0.275. The number of aliphatic hydroxyl groups excluding tert-OH is 1. The third kappa shape index (κ3) is 9.24. The molecule has 0 spiro atoms. The van der Waals surface area contributed by atoms with Gasteiger partial charge in [0.2, 0.25) is 0 Å². The first-order valence-corrected chi connectivity index (χ1v) is 14.1. The van der Waals surface area contributed by atoms with Crippen molar-refractivity contribution in [1.82, 2.24) is 10.1 Å². The summed E-state index contributed by atoms with van der Waals surface area (Å²) in [7, 11) is 0. The number of Topliss-reactive ketones (excluding diaryl/α,β-unsaturated/α-hetero) is 1. The Kier molecular flexibility index (Phi) is 10.6. The molecule has 2 saturated heterocycles. The summed E-state index contributed by atoms with van der Waals surface area (Å²) in [6, 6.07) is 0. The van der Waals surface area contributed by atoms with E-state index >= 15 is 0 Å². The van der Waals surface area contributed by atoms with Gasteiger partial charge in [-0.3, -0.25) is 14.5 Å². The number of carbonyl (C=O) groups excluding carboxylic acids is 2. The summed E-state index contributed by atoms with van der Waals surface area (Å²) >= 11 is 0. The first kappa shape index (κ1) is 33.1. The Balaban J connectivity index is 1.94. The predicted molar refractivity (Wildman–Crippen MR) is 146 cm³/mol. The van der Waals surface area contributed by atoms with Gasteiger partial charge >= 0.3 is 5.97 Å². The van der Waals surface area contributed by atoms with Crippen molar-refractivity contribution in [3.63, 3.8) is 0 Å². The van der Waals surface area contributed by atoms with E-state index in [-0.39, 0.29) is 48.3 Å². The molecule has 2 aliphatic heterocycles. The average Bonchev–Trinajstić information content (AvgIpc) is 2.66. The lowest BCUT2D eigenvalue weighted by Gasteiger charge is -2.54. The van der Waals surface area contributed by atoms with Gasteiger partial charge in [0, 0.05) is 47.8 Å². The van der Waals surface area contributed by atoms with Crippen LogP contribution in [0.1, 0.15) is 121 Å². The molecule has 2 heterocycles. The second-order valence-corrected chi connectivity index (χ2v) is 14.4. The number of carbonyl (C=O) groups is 2. The Morgan fingerprint density at radius 2 is 1.18 bits per heavy atom. The number of hydrogen-bond donors (Lipinski definition) is 2. The first-order chi connectivity index (χ1) is 17.2. The van der Waals surface area contributed by atoms with Crippen molar-refractivity contribution < 1.29 is 34.2 Å². The van der Waals surface area contributed by atoms with E-state index < -0.39 is 16.7 Å². The van der Waals surface area contributed by atoms with Gasteiger partial charge < -0.3 is 19.7 Å². The minimum absolute atomic E-state index is 0.0395. The highest BCUT2D eigenvalue weighted by atomic mass is 16.7. The lowest BCUT2D eigenvalue weighted by atomic mass is 9.80. The monoisotopic (exact) mass is 542 g/mol. The Bertz CT molecular complexity index is 786. The third-order valence-corrected chi connectivity index (χ3v) is 7.59. The van der Waals surface area contributed by atoms with E-state index in [1.165, 1.54) is 0 Å². The normalized spacial score (nSPS) is 25.6. The van der Waals surface area contributed by atoms with Gasteiger partial charge in [-0.1, -0.05) is 0 Å². The molecule has 0 aromatic rings. The maximum absolute atomic E-state index is 12.4. The number of ether oxygens (including phenoxy) is 1. The van der Waals surface area contributed by atoms with Crippen LogP contribution in [-0.2, 0) is 24.0 Å². The summed E-state index contributed by atoms with van der Waals surface area (Å²) in [5.74, 6) is -0.0885. The summed E-state index contributed by atoms with van der Waals surface area (Å²) in [6.45, 7) is 19.7. The molecule has 2 N–H and O–H groups in total. The van der Waals surface area contributed by atoms with Gasteiger partial charge in [-0.25, -0.2) is 0 Å². The van der Waals surface area contributed by atoms with Gasteiger partial charge in [0.25, 0.3) is 0 Å². The van der Waals surface area contributed by atoms with E-state index in [1.54, 1.807) is 13.8 Å². The fourth-order valence-electron chi connectivity index (χ4n) is 6.50. The molecule has 9 nitrogen and oxygen atoms in total. The molecule has 1 unspecified atom stereocenters. The number of unbranched alkanes of at least 4 members (excludes halogenated alkanes) is 1. The van der Waals surface area contributed by atoms with Crippen LogP contribution in [0.15, 0.2) is 0 Å². The van der Waals surface area contributed by atoms with E-state index in [2.05, 4.69) is 27.7 Å². The number of piperidine rings is 2. The van der Waals surface area contributed by atoms with Gasteiger partial charge in [-0.15, -0.1) is 0 Å². The minimum atomic E-state index is -1.25. The van der Waals surface area contributed by atoms with Crippen LogP contribution in [0.3, 0.4) is 0 Å². The minimum Gasteiger partial charge on any atom is -0.462 e. The van der Waals surface area contributed by atoms with E-state index in [1.807, 2.05) is 37.8 Å². The second-order valence-electron chi connectivity index (χ2n) is 14.4. The SMILES string of the molecule is CC(=O)CCCCC(=O)OC1CC(C)(C)N(OCC(C)(O)CON2C(C)(C)CC(O)CC2(C)C)C(C)(C)C1. The highest BCUT2D eigenvalue weighted by Gasteiger charge is 2.49. The van der Waals surface area contributed by atoms with Gasteiger partial charge in [0.1, 0.15) is 17.5 Å². The number of hydroxylamine groups is 4. The van der Waals surface area contributed by atoms with E-state index in [9.17, 15) is 19.8 Å². The van der Waals surface area contributed by atoms with Gasteiger partial charge in [0.05, 0.1) is 19.3 Å². The van der Waals surface area contributed by atoms with Crippen molar-refractivity contribution >= 4 is 11.8 Å². The zero-order valence-electron chi connectivity index (χ0n) is 25.6. The van der Waals surface area contributed by atoms with Gasteiger partial charge in [-0.05, 0) is 94.9 Å². The molecule has 1 atom stereocenters. The molecular formula is C29H54N2O7. The van der Waals surface area contributed by atoms with Crippen LogP contribution < -0.4 is 0 Å². The Labute approximate surface area is 230 Å². The fourth-order valence-corrected chi connectivity index (χ4v) is 6.50. The topological polar surface area (TPSA) is 109 Å². The maximum Gasteiger partial charge on any atom is 0.306 e. The standard InChI is InChI=1S/C29H54N2O7/c1-21(32)13-11-12-14-24(34)38-23-17-27(6,7)31(28(8,9)18-23)37-20-29(10,35)19-36-30-25(2,3)15-22(33)16-26(30,4)5/h22-23,33,35H,11-20H2,1-10H3. The van der Waals surface area contributed by atoms with Crippen LogP contribution in [0.2, 0.25) is 0 Å². The molecule has 0 aromatic carbocycles. The van der Waals surface area contributed by atoms with Crippen LogP contribution >= 0.6 is 0 Å². The van der Waals surface area contributed by atoms with Gasteiger partial charge in [-0.2, -0.15) is 10.1 Å². The fraction of sp³-hybridized carbons (Fsp3) is 0.931. The number of hydrogen-bond acceptors (Lipinski definition) is 9. The van der Waals surface area contributed by atoms with Crippen LogP contribution in [0.5, 0.6) is 0 Å². The molecule has 2 rings (SSSR count). The summed E-state index contributed by atoms with van der Waals surface area (Å²) < 4.78 is 5.82. The largest absolute Gasteiger partial charge is 0.462 e. The van der Waals surface area contributed by atoms with Crippen LogP contribution in [-0.4, -0.2) is 85.3 Å². The van der Waals surface area contributed by atoms with Crippen LogP contribution in [0.25, 0.3) is 0 Å². The molecule has 2 fully saturated rings. The lowest BCUT2D eigenvalue weighted by Crippen LogP contribution is -2.64. The highest BCUT2D eigenvalue weighted by Crippen LogP contribution is 2.41. The van der Waals surface area contributed by atoms with E-state index in [0.717, 1.165) is 0 Å². The van der Waals surface area contributed by atoms with Crippen molar-refractivity contribution in [2.24, 2.45) is 0 Å². The molecule has 0 amide bonds. The summed E-state index contributed by atoms with van der Waals surface area (Å²) in [5.41, 5.74) is -2.89. The molecule has 2 aliphatic rings. The van der Waals surface area contributed by atoms with Crippen molar-refractivity contribution in [3.8, 4) is 0 Å². The zero-order chi connectivity index (χ0) is 29.2. The molecule has 38 heavy (non-hydrogen) atoms. The van der Waals surface area contributed by atoms with Crippen molar-refractivity contribution in [3.05, 3.63) is 0 Å². The third-order valence-electron chi connectivity index (χ3n) is 7.59. The van der Waals surface area contributed by atoms with Crippen LogP contribution in [0, 0.1) is 0 Å². The Morgan fingerprint density at radius 3 is 1.61 bits per heavy atom. The molecule has 0 radical (unpaired) electrons. The molecule has 0 saturated carbocycles. The van der Waals surface area contributed by atoms with Crippen LogP contribution in [0.4, 0.5) is 0 Å². The molecule has 0 aliphatic carbocycles. The number of esters is 1. The molecule has 0 aromatic heterocycles. The Hall–Kier alpha value is -1.10. The number of ketones is 1. The lowest BCUT2D eigenvalue weighted by molar-refractivity contribution is -0.333. The molecular weight excluding hydrogens is 488 g/mol. The number of rotatable bonds is 12. The molecule has 222 valence electrons. The van der Waals surface area contributed by atoms with Crippen molar-refractivity contribution in [2.75, 3.05) is 13.2 Å². The number of nitrogens with zero attached hydrogens (tertiary/aromatic N) is 2. The maximum atomic E-state index is 12.4. The van der Waals surface area contributed by atoms with E-state index in [0.29, 0.717) is 51.4 Å². The smallest absolute Gasteiger partial charge is 0.306 e. The summed E-state index contributed by atoms with van der Waals surface area (Å²) in [6.07, 6.45) is 3.93. The second kappa shape index (κ2) is 12.2. The highest BCUT2D eigenvalue weighted by molar-refractivity contribution is 5.75. The van der Waals surface area contributed by atoms with Gasteiger partial charge in [0.15, 0.2) is 0 Å². The van der Waals surface area contributed by atoms with Crippen molar-refractivity contribution in [2.45, 2.75) is 161 Å². The average molecular weight is 543 g/mol. The Morgan fingerprint density at radius 1 is 0.789 bits per heavy atom. The summed E-state index contributed by atoms with van der Waals surface area (Å²) in [5, 5.41) is 25.3. The molecule has 9 heteroatoms. The molecule has 0 bridgehead atoms. The number of aliphatic hydroxyl groups is 2. The van der Waals surface area contributed by atoms with Crippen molar-refractivity contribution in [1.29, 1.82) is 0 Å². The first-order valence-electron chi connectivity index (χ1n) is 14.1. The zero-order valence-corrected chi connectivity index (χ0v) is 25.6. The van der Waals surface area contributed by atoms with E-state index in [4.69, 9.17) is 14.4 Å².